The molecule has 0 spiro atoms. The van der Waals surface area contributed by atoms with Gasteiger partial charge in [-0.3, -0.25) is 4.79 Å². The molecule has 1 saturated heterocycles. The monoisotopic (exact) mass is 419 g/mol. The first kappa shape index (κ1) is 22.5. The number of carbonyl (C=O) groups is 1. The first-order valence-electron chi connectivity index (χ1n) is 10.6. The summed E-state index contributed by atoms with van der Waals surface area (Å²) in [5.41, 5.74) is 2.55. The van der Waals surface area contributed by atoms with Gasteiger partial charge in [-0.25, -0.2) is 0 Å². The molecule has 2 aromatic carbocycles. The van der Waals surface area contributed by atoms with E-state index in [4.69, 9.17) is 10.00 Å². The maximum absolute atomic E-state index is 12.3. The number of ether oxygens (including phenoxy) is 1. The van der Waals surface area contributed by atoms with Crippen molar-refractivity contribution in [1.82, 2.24) is 10.2 Å². The summed E-state index contributed by atoms with van der Waals surface area (Å²) in [5.74, 6) is 0.659. The van der Waals surface area contributed by atoms with Crippen LogP contribution >= 0.6 is 0 Å². The molecule has 1 aliphatic rings. The molecule has 3 rings (SSSR count). The van der Waals surface area contributed by atoms with E-state index in [-0.39, 0.29) is 18.6 Å². The number of β-amino-alcohol motifs (C(OH)–C–C–N with tert-alkyl or cyclic N) is 1. The first-order chi connectivity index (χ1) is 15.0. The highest BCUT2D eigenvalue weighted by atomic mass is 16.5. The van der Waals surface area contributed by atoms with Crippen molar-refractivity contribution >= 4 is 11.5 Å². The first-order valence-corrected chi connectivity index (χ1v) is 10.6. The average molecular weight is 420 g/mol. The minimum Gasteiger partial charge on any atom is -0.491 e. The summed E-state index contributed by atoms with van der Waals surface area (Å²) in [6, 6.07) is 18.9. The summed E-state index contributed by atoms with van der Waals surface area (Å²) in [5, 5.41) is 22.2. The fourth-order valence-electron chi connectivity index (χ4n) is 3.66. The van der Waals surface area contributed by atoms with E-state index in [0.29, 0.717) is 17.9 Å². The molecule has 0 bridgehead atoms. The molecular weight excluding hydrogens is 390 g/mol. The molecule has 1 amide bonds. The number of aliphatic hydroxyl groups excluding tert-OH is 1. The zero-order valence-electron chi connectivity index (χ0n) is 17.8. The number of likely N-dealkylation sites (tertiary alicyclic amines) is 1. The molecule has 1 unspecified atom stereocenters. The fourth-order valence-corrected chi connectivity index (χ4v) is 3.66. The second kappa shape index (κ2) is 11.3. The Morgan fingerprint density at radius 2 is 1.87 bits per heavy atom. The van der Waals surface area contributed by atoms with E-state index in [2.05, 4.69) is 10.2 Å². The molecule has 1 fully saturated rings. The predicted molar refractivity (Wildman–Crippen MR) is 121 cm³/mol. The zero-order chi connectivity index (χ0) is 22.1. The molecule has 1 heterocycles. The van der Waals surface area contributed by atoms with Gasteiger partial charge in [-0.2, -0.15) is 5.26 Å². The van der Waals surface area contributed by atoms with Gasteiger partial charge in [0.1, 0.15) is 18.5 Å². The Kier molecular flexibility index (Phi) is 8.22. The number of aliphatic hydroxyl groups is 1. The number of amides is 1. The van der Waals surface area contributed by atoms with Gasteiger partial charge in [0, 0.05) is 37.3 Å². The Morgan fingerprint density at radius 1 is 1.19 bits per heavy atom. The Balaban J connectivity index is 1.37. The number of nitrogens with one attached hydrogen (secondary N) is 1. The van der Waals surface area contributed by atoms with Crippen LogP contribution in [0.1, 0.15) is 35.7 Å². The van der Waals surface area contributed by atoms with Crippen LogP contribution in [0.15, 0.2) is 60.7 Å². The summed E-state index contributed by atoms with van der Waals surface area (Å²) in [6.45, 7) is 4.31. The number of piperidine rings is 1. The van der Waals surface area contributed by atoms with Gasteiger partial charge in [-0.15, -0.1) is 0 Å². The highest BCUT2D eigenvalue weighted by Gasteiger charge is 2.22. The van der Waals surface area contributed by atoms with E-state index in [0.717, 1.165) is 37.1 Å². The largest absolute Gasteiger partial charge is 0.491 e. The Bertz CT molecular complexity index is 911. The van der Waals surface area contributed by atoms with Crippen LogP contribution in [0.4, 0.5) is 0 Å². The summed E-state index contributed by atoms with van der Waals surface area (Å²) < 4.78 is 5.71. The third-order valence-corrected chi connectivity index (χ3v) is 5.46. The van der Waals surface area contributed by atoms with E-state index in [9.17, 15) is 9.90 Å². The lowest BCUT2D eigenvalue weighted by atomic mass is 10.0. The zero-order valence-corrected chi connectivity index (χ0v) is 17.8. The van der Waals surface area contributed by atoms with Crippen LogP contribution in [0.3, 0.4) is 0 Å². The lowest BCUT2D eigenvalue weighted by Crippen LogP contribution is -2.47. The van der Waals surface area contributed by atoms with Crippen molar-refractivity contribution in [2.24, 2.45) is 0 Å². The molecule has 1 aliphatic heterocycles. The molecule has 162 valence electrons. The van der Waals surface area contributed by atoms with Crippen LogP contribution in [-0.2, 0) is 0 Å². The third-order valence-electron chi connectivity index (χ3n) is 5.46. The number of hydrogen-bond acceptors (Lipinski definition) is 5. The van der Waals surface area contributed by atoms with Gasteiger partial charge in [0.15, 0.2) is 0 Å². The van der Waals surface area contributed by atoms with E-state index in [1.165, 1.54) is 6.08 Å². The number of rotatable bonds is 8. The van der Waals surface area contributed by atoms with Gasteiger partial charge in [0.2, 0.25) is 0 Å². The van der Waals surface area contributed by atoms with Crippen molar-refractivity contribution in [3.05, 3.63) is 71.8 Å². The van der Waals surface area contributed by atoms with Crippen molar-refractivity contribution in [2.75, 3.05) is 26.2 Å². The number of nitriles is 1. The number of nitrogens with zero attached hydrogens (tertiary/aromatic N) is 2. The summed E-state index contributed by atoms with van der Waals surface area (Å²) in [7, 11) is 0. The minimum atomic E-state index is -0.588. The number of hydrogen-bond donors (Lipinski definition) is 2. The van der Waals surface area contributed by atoms with Crippen molar-refractivity contribution in [2.45, 2.75) is 31.9 Å². The summed E-state index contributed by atoms with van der Waals surface area (Å²) in [4.78, 5) is 14.5. The number of allylic oxidation sites excluding steroid dienone is 2. The van der Waals surface area contributed by atoms with Gasteiger partial charge < -0.3 is 20.1 Å². The molecular formula is C25H29N3O3. The van der Waals surface area contributed by atoms with Crippen molar-refractivity contribution < 1.29 is 14.6 Å². The fraction of sp³-hybridized carbons (Fsp3) is 0.360. The van der Waals surface area contributed by atoms with E-state index >= 15 is 0 Å². The Hall–Kier alpha value is -3.14. The smallest absolute Gasteiger partial charge is 0.251 e. The topological polar surface area (TPSA) is 85.6 Å². The number of benzene rings is 2. The van der Waals surface area contributed by atoms with Crippen molar-refractivity contribution in [1.29, 1.82) is 5.26 Å². The lowest BCUT2D eigenvalue weighted by molar-refractivity contribution is 0.0568. The van der Waals surface area contributed by atoms with Gasteiger partial charge in [0.25, 0.3) is 5.91 Å². The Labute approximate surface area is 183 Å². The van der Waals surface area contributed by atoms with Crippen LogP contribution in [0.5, 0.6) is 5.75 Å². The molecule has 2 aromatic rings. The predicted octanol–water partition coefficient (Wildman–Crippen LogP) is 3.25. The second-order valence-corrected chi connectivity index (χ2v) is 7.86. The molecule has 31 heavy (non-hydrogen) atoms. The summed E-state index contributed by atoms with van der Waals surface area (Å²) >= 11 is 0. The quantitative estimate of drug-likeness (QED) is 0.642. The van der Waals surface area contributed by atoms with E-state index in [1.54, 1.807) is 0 Å². The lowest BCUT2D eigenvalue weighted by Gasteiger charge is -2.33. The van der Waals surface area contributed by atoms with Gasteiger partial charge in [-0.1, -0.05) is 30.3 Å². The molecule has 6 nitrogen and oxygen atoms in total. The van der Waals surface area contributed by atoms with Crippen molar-refractivity contribution in [3.8, 4) is 11.8 Å². The van der Waals surface area contributed by atoms with E-state index < -0.39 is 6.10 Å². The molecule has 0 aliphatic carbocycles. The molecule has 0 saturated carbocycles. The second-order valence-electron chi connectivity index (χ2n) is 7.86. The normalized spacial score (nSPS) is 16.4. The van der Waals surface area contributed by atoms with Crippen LogP contribution in [0.2, 0.25) is 0 Å². The SMILES string of the molecule is C/C(=C/C#N)c1ccc(OCC(O)CN2CCC(NC(=O)c3ccccc3)CC2)cc1. The molecule has 6 heteroatoms. The van der Waals surface area contributed by atoms with Gasteiger partial charge >= 0.3 is 0 Å². The maximum Gasteiger partial charge on any atom is 0.251 e. The highest BCUT2D eigenvalue weighted by molar-refractivity contribution is 5.94. The molecule has 1 atom stereocenters. The molecule has 2 N–H and O–H groups in total. The Morgan fingerprint density at radius 3 is 2.52 bits per heavy atom. The van der Waals surface area contributed by atoms with E-state index in [1.807, 2.05) is 67.6 Å². The van der Waals surface area contributed by atoms with Crippen LogP contribution < -0.4 is 10.1 Å². The van der Waals surface area contributed by atoms with Gasteiger partial charge in [0.05, 0.1) is 6.07 Å². The number of carbonyl (C=O) groups excluding carboxylic acids is 1. The average Bonchev–Trinajstić information content (AvgIpc) is 2.80. The minimum absolute atomic E-state index is 0.0307. The van der Waals surface area contributed by atoms with Crippen LogP contribution in [-0.4, -0.2) is 54.3 Å². The standard InChI is InChI=1S/C25H29N3O3/c1-19(11-14-26)20-7-9-24(10-8-20)31-18-23(29)17-28-15-12-22(13-16-28)27-25(30)21-5-3-2-4-6-21/h2-11,22-23,29H,12-13,15-18H2,1H3,(H,27,30)/b19-11-. The molecule has 0 aromatic heterocycles. The third kappa shape index (κ3) is 6.95. The maximum atomic E-state index is 12.3. The van der Waals surface area contributed by atoms with Gasteiger partial charge in [-0.05, 0) is 55.2 Å². The highest BCUT2D eigenvalue weighted by Crippen LogP contribution is 2.18. The van der Waals surface area contributed by atoms with Crippen molar-refractivity contribution in [3.63, 3.8) is 0 Å². The van der Waals surface area contributed by atoms with Crippen LogP contribution in [0, 0.1) is 11.3 Å². The van der Waals surface area contributed by atoms with Crippen LogP contribution in [0.25, 0.3) is 5.57 Å². The summed E-state index contributed by atoms with van der Waals surface area (Å²) in [6.07, 6.45) is 2.65. The molecule has 0 radical (unpaired) electrons.